The molecule has 2 heterocycles. The lowest BCUT2D eigenvalue weighted by molar-refractivity contribution is 0.488. The molecule has 1 nitrogen and oxygen atoms in total. The van der Waals surface area contributed by atoms with E-state index < -0.39 is 0 Å². The molecule has 0 aliphatic heterocycles. The van der Waals surface area contributed by atoms with Crippen LogP contribution < -0.4 is 0 Å². The molecule has 0 bridgehead atoms. The lowest BCUT2D eigenvalue weighted by Gasteiger charge is -2.02. The molecule has 3 rings (SSSR count). The van der Waals surface area contributed by atoms with Crippen LogP contribution in [0.2, 0.25) is 0 Å². The summed E-state index contributed by atoms with van der Waals surface area (Å²) in [7, 11) is 0. The Bertz CT molecular complexity index is 607. The fourth-order valence-corrected chi connectivity index (χ4v) is 3.95. The van der Waals surface area contributed by atoms with Gasteiger partial charge in [0.2, 0.25) is 0 Å². The van der Waals surface area contributed by atoms with E-state index in [1.807, 2.05) is 11.4 Å². The largest absolute Gasteiger partial charge is 0.506 e. The number of phenols is 1. The first kappa shape index (κ1) is 9.19. The average Bonchev–Trinajstić information content (AvgIpc) is 2.79. The van der Waals surface area contributed by atoms with E-state index in [1.165, 1.54) is 20.5 Å². The van der Waals surface area contributed by atoms with Crippen LogP contribution >= 0.6 is 22.7 Å². The number of hydrogen-bond acceptors (Lipinski definition) is 3. The summed E-state index contributed by atoms with van der Waals surface area (Å²) in [6.07, 6.45) is 0. The molecular formula is C12H10OS2. The number of aryl methyl sites for hydroxylation is 2. The van der Waals surface area contributed by atoms with Crippen LogP contribution in [0, 0.1) is 13.8 Å². The first-order valence-electron chi connectivity index (χ1n) is 4.77. The van der Waals surface area contributed by atoms with Gasteiger partial charge in [0.25, 0.3) is 0 Å². The standard InChI is InChI=1S/C12H10OS2/c1-6-5-9-7(2)11-8(3-4-14-11)10(13)12(9)15-6/h3-5,13H,1-2H3. The topological polar surface area (TPSA) is 20.2 Å². The normalized spacial score (nSPS) is 11.6. The van der Waals surface area contributed by atoms with Crippen molar-refractivity contribution in [2.75, 3.05) is 0 Å². The third-order valence-electron chi connectivity index (χ3n) is 2.74. The maximum absolute atomic E-state index is 10.2. The maximum Gasteiger partial charge on any atom is 0.142 e. The summed E-state index contributed by atoms with van der Waals surface area (Å²) < 4.78 is 2.23. The second-order valence-corrected chi connectivity index (χ2v) is 5.91. The third kappa shape index (κ3) is 1.13. The van der Waals surface area contributed by atoms with Gasteiger partial charge in [0.1, 0.15) is 5.75 Å². The van der Waals surface area contributed by atoms with Crippen LogP contribution in [-0.2, 0) is 0 Å². The van der Waals surface area contributed by atoms with Crippen molar-refractivity contribution >= 4 is 42.8 Å². The Morgan fingerprint density at radius 1 is 1.13 bits per heavy atom. The van der Waals surface area contributed by atoms with Crippen molar-refractivity contribution in [3.63, 3.8) is 0 Å². The quantitative estimate of drug-likeness (QED) is 0.609. The van der Waals surface area contributed by atoms with Crippen LogP contribution in [0.3, 0.4) is 0 Å². The first-order valence-corrected chi connectivity index (χ1v) is 6.47. The van der Waals surface area contributed by atoms with E-state index in [0.717, 1.165) is 10.1 Å². The van der Waals surface area contributed by atoms with Gasteiger partial charge in [-0.25, -0.2) is 0 Å². The van der Waals surface area contributed by atoms with Crippen molar-refractivity contribution in [2.45, 2.75) is 13.8 Å². The van der Waals surface area contributed by atoms with Crippen molar-refractivity contribution in [3.8, 4) is 5.75 Å². The number of aromatic hydroxyl groups is 1. The summed E-state index contributed by atoms with van der Waals surface area (Å²) in [5.41, 5.74) is 1.29. The Labute approximate surface area is 95.6 Å². The zero-order valence-corrected chi connectivity index (χ0v) is 10.1. The SMILES string of the molecule is Cc1cc2c(C)c3sccc3c(O)c2s1. The van der Waals surface area contributed by atoms with Crippen molar-refractivity contribution in [2.24, 2.45) is 0 Å². The average molecular weight is 234 g/mol. The molecule has 0 unspecified atom stereocenters. The molecule has 0 radical (unpaired) electrons. The number of thiophene rings is 2. The van der Waals surface area contributed by atoms with Crippen LogP contribution in [0.1, 0.15) is 10.4 Å². The van der Waals surface area contributed by atoms with E-state index in [-0.39, 0.29) is 0 Å². The molecule has 0 aliphatic rings. The van der Waals surface area contributed by atoms with E-state index in [0.29, 0.717) is 5.75 Å². The van der Waals surface area contributed by atoms with E-state index in [4.69, 9.17) is 0 Å². The molecule has 2 aromatic heterocycles. The third-order valence-corrected chi connectivity index (χ3v) is 4.83. The molecule has 3 heteroatoms. The number of fused-ring (bicyclic) bond motifs is 2. The minimum absolute atomic E-state index is 0.449. The fourth-order valence-electron chi connectivity index (χ4n) is 2.00. The molecule has 0 spiro atoms. The second kappa shape index (κ2) is 2.97. The predicted octanol–water partition coefficient (Wildman–Crippen LogP) is 4.44. The summed E-state index contributed by atoms with van der Waals surface area (Å²) in [6, 6.07) is 4.16. The van der Waals surface area contributed by atoms with Crippen LogP contribution in [0.15, 0.2) is 17.5 Å². The van der Waals surface area contributed by atoms with Crippen LogP contribution in [0.4, 0.5) is 0 Å². The maximum atomic E-state index is 10.2. The van der Waals surface area contributed by atoms with Gasteiger partial charge in [-0.3, -0.25) is 0 Å². The summed E-state index contributed by atoms with van der Waals surface area (Å²) in [5, 5.41) is 14.4. The van der Waals surface area contributed by atoms with Gasteiger partial charge in [-0.2, -0.15) is 0 Å². The lowest BCUT2D eigenvalue weighted by atomic mass is 10.1. The number of rotatable bonds is 0. The van der Waals surface area contributed by atoms with Gasteiger partial charge < -0.3 is 5.11 Å². The highest BCUT2D eigenvalue weighted by Gasteiger charge is 2.13. The molecule has 0 atom stereocenters. The van der Waals surface area contributed by atoms with Crippen molar-refractivity contribution in [3.05, 3.63) is 28.0 Å². The predicted molar refractivity (Wildman–Crippen MR) is 68.3 cm³/mol. The molecule has 76 valence electrons. The van der Waals surface area contributed by atoms with E-state index >= 15 is 0 Å². The van der Waals surface area contributed by atoms with Gasteiger partial charge in [0.05, 0.1) is 4.70 Å². The zero-order chi connectivity index (χ0) is 10.6. The second-order valence-electron chi connectivity index (χ2n) is 3.74. The Morgan fingerprint density at radius 3 is 2.73 bits per heavy atom. The highest BCUT2D eigenvalue weighted by molar-refractivity contribution is 7.20. The number of benzene rings is 1. The summed E-state index contributed by atoms with van der Waals surface area (Å²) in [4.78, 5) is 1.25. The van der Waals surface area contributed by atoms with Crippen molar-refractivity contribution in [1.29, 1.82) is 0 Å². The van der Waals surface area contributed by atoms with E-state index in [1.54, 1.807) is 22.7 Å². The molecule has 1 aromatic carbocycles. The van der Waals surface area contributed by atoms with Gasteiger partial charge in [0, 0.05) is 20.3 Å². The summed E-state index contributed by atoms with van der Waals surface area (Å²) in [5.74, 6) is 0.449. The van der Waals surface area contributed by atoms with Gasteiger partial charge in [-0.1, -0.05) is 0 Å². The Hall–Kier alpha value is -1.06. The lowest BCUT2D eigenvalue weighted by Crippen LogP contribution is -1.75. The Balaban J connectivity index is 2.67. The van der Waals surface area contributed by atoms with Gasteiger partial charge in [0.15, 0.2) is 0 Å². The van der Waals surface area contributed by atoms with Crippen LogP contribution in [0.5, 0.6) is 5.75 Å². The van der Waals surface area contributed by atoms with Gasteiger partial charge in [-0.05, 0) is 36.9 Å². The molecule has 0 fully saturated rings. The highest BCUT2D eigenvalue weighted by Crippen LogP contribution is 2.43. The highest BCUT2D eigenvalue weighted by atomic mass is 32.1. The fraction of sp³-hybridized carbons (Fsp3) is 0.167. The van der Waals surface area contributed by atoms with Gasteiger partial charge in [-0.15, -0.1) is 22.7 Å². The Kier molecular flexibility index (Phi) is 1.82. The number of phenolic OH excluding ortho intramolecular Hbond substituents is 1. The summed E-state index contributed by atoms with van der Waals surface area (Å²) >= 11 is 3.36. The molecule has 15 heavy (non-hydrogen) atoms. The molecule has 0 aliphatic carbocycles. The van der Waals surface area contributed by atoms with Gasteiger partial charge >= 0.3 is 0 Å². The van der Waals surface area contributed by atoms with E-state index in [9.17, 15) is 5.11 Å². The number of hydrogen-bond donors (Lipinski definition) is 1. The van der Waals surface area contributed by atoms with Crippen molar-refractivity contribution in [1.82, 2.24) is 0 Å². The van der Waals surface area contributed by atoms with Crippen molar-refractivity contribution < 1.29 is 5.11 Å². The zero-order valence-electron chi connectivity index (χ0n) is 8.50. The minimum Gasteiger partial charge on any atom is -0.506 e. The molecular weight excluding hydrogens is 224 g/mol. The Morgan fingerprint density at radius 2 is 1.93 bits per heavy atom. The van der Waals surface area contributed by atoms with E-state index in [2.05, 4.69) is 19.9 Å². The molecule has 3 aromatic rings. The monoisotopic (exact) mass is 234 g/mol. The smallest absolute Gasteiger partial charge is 0.142 e. The molecule has 0 saturated carbocycles. The minimum atomic E-state index is 0.449. The molecule has 0 saturated heterocycles. The molecule has 0 amide bonds. The van der Waals surface area contributed by atoms with Crippen LogP contribution in [0.25, 0.3) is 20.2 Å². The van der Waals surface area contributed by atoms with Crippen LogP contribution in [-0.4, -0.2) is 5.11 Å². The first-order chi connectivity index (χ1) is 7.18. The summed E-state index contributed by atoms with van der Waals surface area (Å²) in [6.45, 7) is 4.21. The molecule has 1 N–H and O–H groups in total.